The summed E-state index contributed by atoms with van der Waals surface area (Å²) in [5.74, 6) is -0.0842. The molecule has 1 aromatic heterocycles. The van der Waals surface area contributed by atoms with Gasteiger partial charge >= 0.3 is 0 Å². The molecule has 0 N–H and O–H groups in total. The van der Waals surface area contributed by atoms with Crippen molar-refractivity contribution < 1.29 is 0 Å². The van der Waals surface area contributed by atoms with Crippen LogP contribution in [0.5, 0.6) is 0 Å². The van der Waals surface area contributed by atoms with Crippen molar-refractivity contribution in [2.45, 2.75) is 20.5 Å². The number of benzene rings is 1. The summed E-state index contributed by atoms with van der Waals surface area (Å²) in [5, 5.41) is 17.4. The topological polar surface area (TPSA) is 74.8 Å². The molecule has 1 atom stereocenters. The fourth-order valence-corrected chi connectivity index (χ4v) is 2.02. The highest BCUT2D eigenvalue weighted by Crippen LogP contribution is 2.04. The number of hydrogen-bond acceptors (Lipinski definition) is 5. The first-order chi connectivity index (χ1) is 9.65. The highest BCUT2D eigenvalue weighted by Gasteiger charge is 2.11. The molecule has 104 valence electrons. The molecule has 0 fully saturated rings. The number of nitrogens with zero attached hydrogens (tertiary/aromatic N) is 5. The van der Waals surface area contributed by atoms with Gasteiger partial charge in [0, 0.05) is 6.54 Å². The van der Waals surface area contributed by atoms with Crippen LogP contribution in [0.2, 0.25) is 0 Å². The van der Waals surface area contributed by atoms with Crippen LogP contribution in [0.1, 0.15) is 13.8 Å². The highest BCUT2D eigenvalue weighted by molar-refractivity contribution is 5.76. The molecule has 0 bridgehead atoms. The van der Waals surface area contributed by atoms with Gasteiger partial charge in [0.2, 0.25) is 0 Å². The predicted molar refractivity (Wildman–Crippen MR) is 75.8 cm³/mol. The summed E-state index contributed by atoms with van der Waals surface area (Å²) in [7, 11) is 0. The molecule has 2 aromatic rings. The van der Waals surface area contributed by atoms with Gasteiger partial charge in [0.1, 0.15) is 5.52 Å². The fraction of sp³-hybridized carbons (Fsp3) is 0.429. The number of hydrogen-bond donors (Lipinski definition) is 0. The Hall–Kier alpha value is -2.26. The molecular formula is C14H17N5O. The molecular weight excluding hydrogens is 254 g/mol. The van der Waals surface area contributed by atoms with Crippen LogP contribution in [0.3, 0.4) is 0 Å². The number of rotatable bonds is 5. The Labute approximate surface area is 117 Å². The average Bonchev–Trinajstić information content (AvgIpc) is 2.49. The number of fused-ring (bicyclic) bond motifs is 1. The van der Waals surface area contributed by atoms with Crippen molar-refractivity contribution in [2.24, 2.45) is 5.92 Å². The Morgan fingerprint density at radius 1 is 1.45 bits per heavy atom. The minimum Gasteiger partial charge on any atom is -0.283 e. The van der Waals surface area contributed by atoms with E-state index >= 15 is 0 Å². The summed E-state index contributed by atoms with van der Waals surface area (Å²) < 4.78 is 1.34. The maximum absolute atomic E-state index is 12.3. The lowest BCUT2D eigenvalue weighted by Crippen LogP contribution is -2.36. The number of nitriles is 1. The first kappa shape index (κ1) is 14.2. The van der Waals surface area contributed by atoms with E-state index in [4.69, 9.17) is 5.26 Å². The third kappa shape index (κ3) is 3.00. The van der Waals surface area contributed by atoms with Crippen LogP contribution in [0.15, 0.2) is 29.1 Å². The van der Waals surface area contributed by atoms with Crippen molar-refractivity contribution in [3.05, 3.63) is 34.6 Å². The summed E-state index contributed by atoms with van der Waals surface area (Å²) in [6.45, 7) is 5.54. The van der Waals surface area contributed by atoms with Crippen LogP contribution in [0.4, 0.5) is 0 Å². The van der Waals surface area contributed by atoms with Gasteiger partial charge in [0.25, 0.3) is 5.56 Å². The van der Waals surface area contributed by atoms with Crippen LogP contribution < -0.4 is 5.56 Å². The van der Waals surface area contributed by atoms with Gasteiger partial charge in [-0.2, -0.15) is 9.94 Å². The van der Waals surface area contributed by atoms with Gasteiger partial charge in [-0.05, 0) is 25.6 Å². The first-order valence-corrected chi connectivity index (χ1v) is 6.60. The highest BCUT2D eigenvalue weighted by atomic mass is 16.1. The molecule has 6 nitrogen and oxygen atoms in total. The predicted octanol–water partition coefficient (Wildman–Crippen LogP) is 1.23. The van der Waals surface area contributed by atoms with E-state index in [0.29, 0.717) is 24.1 Å². The van der Waals surface area contributed by atoms with Gasteiger partial charge < -0.3 is 0 Å². The first-order valence-electron chi connectivity index (χ1n) is 6.60. The molecule has 0 radical (unpaired) electrons. The Balaban J connectivity index is 2.27. The second-order valence-corrected chi connectivity index (χ2v) is 4.75. The zero-order valence-electron chi connectivity index (χ0n) is 11.7. The van der Waals surface area contributed by atoms with E-state index in [1.54, 1.807) is 12.1 Å². The van der Waals surface area contributed by atoms with Crippen molar-refractivity contribution in [1.29, 1.82) is 5.26 Å². The van der Waals surface area contributed by atoms with Crippen LogP contribution in [-0.4, -0.2) is 33.0 Å². The Morgan fingerprint density at radius 3 is 2.90 bits per heavy atom. The molecule has 0 spiro atoms. The number of aromatic nitrogens is 3. The molecule has 1 heterocycles. The Bertz CT molecular complexity index is 688. The molecule has 0 saturated heterocycles. The molecule has 0 unspecified atom stereocenters. The van der Waals surface area contributed by atoms with E-state index in [1.165, 1.54) is 4.68 Å². The lowest BCUT2D eigenvalue weighted by Gasteiger charge is -2.21. The van der Waals surface area contributed by atoms with Crippen molar-refractivity contribution in [3.8, 4) is 6.07 Å². The van der Waals surface area contributed by atoms with Gasteiger partial charge in [0.15, 0.2) is 0 Å². The second-order valence-electron chi connectivity index (χ2n) is 4.75. The average molecular weight is 271 g/mol. The van der Waals surface area contributed by atoms with Gasteiger partial charge in [-0.15, -0.1) is 5.10 Å². The molecule has 20 heavy (non-hydrogen) atoms. The van der Waals surface area contributed by atoms with Gasteiger partial charge in [0.05, 0.1) is 24.0 Å². The van der Waals surface area contributed by atoms with Gasteiger partial charge in [-0.3, -0.25) is 9.69 Å². The molecule has 0 saturated carbocycles. The fourth-order valence-electron chi connectivity index (χ4n) is 2.02. The lowest BCUT2D eigenvalue weighted by atomic mass is 10.2. The zero-order chi connectivity index (χ0) is 14.5. The van der Waals surface area contributed by atoms with E-state index in [2.05, 4.69) is 16.4 Å². The summed E-state index contributed by atoms with van der Waals surface area (Å²) in [6, 6.07) is 9.35. The largest absolute Gasteiger partial charge is 0.283 e. The van der Waals surface area contributed by atoms with Gasteiger partial charge in [-0.25, -0.2) is 0 Å². The molecule has 0 aliphatic rings. The van der Waals surface area contributed by atoms with Crippen molar-refractivity contribution >= 4 is 10.9 Å². The molecule has 0 aliphatic heterocycles. The quantitative estimate of drug-likeness (QED) is 0.817. The minimum absolute atomic E-state index is 0.0842. The van der Waals surface area contributed by atoms with Crippen molar-refractivity contribution in [1.82, 2.24) is 19.9 Å². The second kappa shape index (κ2) is 6.26. The lowest BCUT2D eigenvalue weighted by molar-refractivity contribution is 0.196. The van der Waals surface area contributed by atoms with Crippen LogP contribution >= 0.6 is 0 Å². The van der Waals surface area contributed by atoms with Crippen molar-refractivity contribution in [3.63, 3.8) is 0 Å². The van der Waals surface area contributed by atoms with E-state index in [-0.39, 0.29) is 11.5 Å². The maximum atomic E-state index is 12.3. The molecule has 6 heteroatoms. The van der Waals surface area contributed by atoms with E-state index in [9.17, 15) is 4.79 Å². The third-order valence-electron chi connectivity index (χ3n) is 3.16. The molecule has 0 amide bonds. The van der Waals surface area contributed by atoms with E-state index in [1.807, 2.05) is 30.9 Å². The van der Waals surface area contributed by atoms with Crippen molar-refractivity contribution in [2.75, 3.05) is 13.1 Å². The maximum Gasteiger partial charge on any atom is 0.278 e. The molecule has 1 aromatic carbocycles. The molecule has 2 rings (SSSR count). The smallest absolute Gasteiger partial charge is 0.278 e. The van der Waals surface area contributed by atoms with Gasteiger partial charge in [-0.1, -0.05) is 24.3 Å². The third-order valence-corrected chi connectivity index (χ3v) is 3.16. The summed E-state index contributed by atoms with van der Waals surface area (Å²) in [6.07, 6.45) is 0. The Kier molecular flexibility index (Phi) is 4.43. The van der Waals surface area contributed by atoms with Crippen LogP contribution in [0, 0.1) is 17.2 Å². The Morgan fingerprint density at radius 2 is 2.20 bits per heavy atom. The normalized spacial score (nSPS) is 12.5. The van der Waals surface area contributed by atoms with E-state index < -0.39 is 0 Å². The monoisotopic (exact) mass is 271 g/mol. The van der Waals surface area contributed by atoms with E-state index in [0.717, 1.165) is 6.54 Å². The SMILES string of the molecule is CCN(C[C@@H](C)C#N)Cn1nnc2ccccc2c1=O. The molecule has 0 aliphatic carbocycles. The van der Waals surface area contributed by atoms with Crippen LogP contribution in [-0.2, 0) is 6.67 Å². The summed E-state index contributed by atoms with van der Waals surface area (Å²) in [5.41, 5.74) is 0.445. The standard InChI is InChI=1S/C14H17N5O/c1-3-18(9-11(2)8-15)10-19-14(20)12-6-4-5-7-13(12)16-17-19/h4-7,11H,3,9-10H2,1-2H3/t11-/m0/s1. The van der Waals surface area contributed by atoms with Crippen LogP contribution in [0.25, 0.3) is 10.9 Å². The summed E-state index contributed by atoms with van der Waals surface area (Å²) in [4.78, 5) is 14.3. The zero-order valence-corrected chi connectivity index (χ0v) is 11.7. The summed E-state index contributed by atoms with van der Waals surface area (Å²) >= 11 is 0. The minimum atomic E-state index is -0.154.